The molecule has 2 rings (SSSR count). The fraction of sp³-hybridized carbons (Fsp3) is 0.667. The van der Waals surface area contributed by atoms with E-state index in [-0.39, 0.29) is 22.7 Å². The van der Waals surface area contributed by atoms with E-state index in [1.54, 1.807) is 7.05 Å². The molecule has 5 heteroatoms. The summed E-state index contributed by atoms with van der Waals surface area (Å²) in [6, 6.07) is 0. The molecule has 0 amide bonds. The first-order chi connectivity index (χ1) is 9.25. The minimum atomic E-state index is -0.487. The molecule has 1 saturated carbocycles. The Kier molecular flexibility index (Phi) is 3.71. The highest BCUT2D eigenvalue weighted by molar-refractivity contribution is 5.97. The standard InChI is InChI=1S/C15H22N2O3/c1-15(2)8-6-5-7-11(15)12(18)10-9-16(3)14(20)17(4)13(10)19/h9,11H,5-8H2,1-4H3. The number of hydrogen-bond acceptors (Lipinski definition) is 3. The van der Waals surface area contributed by atoms with Crippen molar-refractivity contribution in [3.8, 4) is 0 Å². The van der Waals surface area contributed by atoms with E-state index >= 15 is 0 Å². The molecule has 1 aliphatic rings. The Bertz CT molecular complexity index is 652. The van der Waals surface area contributed by atoms with Crippen molar-refractivity contribution in [2.24, 2.45) is 25.4 Å². The van der Waals surface area contributed by atoms with Gasteiger partial charge >= 0.3 is 5.69 Å². The van der Waals surface area contributed by atoms with Gasteiger partial charge in [0.05, 0.1) is 5.56 Å². The van der Waals surface area contributed by atoms with Crippen LogP contribution >= 0.6 is 0 Å². The smallest absolute Gasteiger partial charge is 0.303 e. The average molecular weight is 278 g/mol. The van der Waals surface area contributed by atoms with E-state index in [2.05, 4.69) is 13.8 Å². The molecule has 0 saturated heterocycles. The van der Waals surface area contributed by atoms with Crippen LogP contribution in [0.1, 0.15) is 49.9 Å². The zero-order valence-electron chi connectivity index (χ0n) is 12.6. The summed E-state index contributed by atoms with van der Waals surface area (Å²) in [7, 11) is 2.97. The molecule has 5 nitrogen and oxygen atoms in total. The first kappa shape index (κ1) is 14.8. The van der Waals surface area contributed by atoms with Crippen LogP contribution in [-0.2, 0) is 14.1 Å². The maximum atomic E-state index is 12.7. The van der Waals surface area contributed by atoms with Crippen LogP contribution in [0, 0.1) is 11.3 Å². The predicted molar refractivity (Wildman–Crippen MR) is 77.0 cm³/mol. The summed E-state index contributed by atoms with van der Waals surface area (Å²) in [6.45, 7) is 4.17. The van der Waals surface area contributed by atoms with Crippen molar-refractivity contribution in [3.05, 3.63) is 32.6 Å². The van der Waals surface area contributed by atoms with Gasteiger partial charge in [0.2, 0.25) is 0 Å². The average Bonchev–Trinajstić information content (AvgIpc) is 2.39. The second kappa shape index (κ2) is 5.04. The predicted octanol–water partition coefficient (Wildman–Crippen LogP) is 1.48. The lowest BCUT2D eigenvalue weighted by Gasteiger charge is -2.37. The Morgan fingerprint density at radius 1 is 1.25 bits per heavy atom. The molecular formula is C15H22N2O3. The van der Waals surface area contributed by atoms with E-state index in [4.69, 9.17) is 0 Å². The quantitative estimate of drug-likeness (QED) is 0.770. The van der Waals surface area contributed by atoms with Crippen molar-refractivity contribution in [2.45, 2.75) is 39.5 Å². The van der Waals surface area contributed by atoms with Gasteiger partial charge in [0.1, 0.15) is 0 Å². The van der Waals surface area contributed by atoms with E-state index in [9.17, 15) is 14.4 Å². The molecule has 0 aromatic carbocycles. The highest BCUT2D eigenvalue weighted by Gasteiger charge is 2.38. The van der Waals surface area contributed by atoms with E-state index in [0.717, 1.165) is 30.3 Å². The number of rotatable bonds is 2. The summed E-state index contributed by atoms with van der Waals surface area (Å²) in [5.41, 5.74) is -0.849. The highest BCUT2D eigenvalue weighted by Crippen LogP contribution is 2.41. The van der Waals surface area contributed by atoms with Gasteiger partial charge in [0.25, 0.3) is 5.56 Å². The third-order valence-corrected chi connectivity index (χ3v) is 4.54. The fourth-order valence-electron chi connectivity index (χ4n) is 3.14. The number of ketones is 1. The molecule has 1 unspecified atom stereocenters. The molecule has 0 aliphatic heterocycles. The molecule has 110 valence electrons. The van der Waals surface area contributed by atoms with Crippen LogP contribution in [0.25, 0.3) is 0 Å². The van der Waals surface area contributed by atoms with Crippen molar-refractivity contribution < 1.29 is 4.79 Å². The lowest BCUT2D eigenvalue weighted by Crippen LogP contribution is -2.43. The number of nitrogens with zero attached hydrogens (tertiary/aromatic N) is 2. The molecule has 0 bridgehead atoms. The second-order valence-corrected chi connectivity index (χ2v) is 6.45. The first-order valence-corrected chi connectivity index (χ1v) is 7.06. The van der Waals surface area contributed by atoms with Gasteiger partial charge in [-0.15, -0.1) is 0 Å². The van der Waals surface area contributed by atoms with Gasteiger partial charge in [-0.25, -0.2) is 4.79 Å². The SMILES string of the molecule is Cn1cc(C(=O)C2CCCCC2(C)C)c(=O)n(C)c1=O. The van der Waals surface area contributed by atoms with Crippen LogP contribution in [0.2, 0.25) is 0 Å². The summed E-state index contributed by atoms with van der Waals surface area (Å²) >= 11 is 0. The molecule has 0 spiro atoms. The van der Waals surface area contributed by atoms with Crippen molar-refractivity contribution in [1.82, 2.24) is 9.13 Å². The Morgan fingerprint density at radius 3 is 2.50 bits per heavy atom. The highest BCUT2D eigenvalue weighted by atomic mass is 16.2. The number of aromatic nitrogens is 2. The Balaban J connectivity index is 2.49. The second-order valence-electron chi connectivity index (χ2n) is 6.45. The Hall–Kier alpha value is -1.65. The topological polar surface area (TPSA) is 61.1 Å². The summed E-state index contributed by atoms with van der Waals surface area (Å²) in [5.74, 6) is -0.257. The fourth-order valence-corrected chi connectivity index (χ4v) is 3.14. The third kappa shape index (κ3) is 2.37. The molecule has 1 heterocycles. The first-order valence-electron chi connectivity index (χ1n) is 7.06. The van der Waals surface area contributed by atoms with E-state index in [1.807, 2.05) is 0 Å². The van der Waals surface area contributed by atoms with E-state index in [0.29, 0.717) is 0 Å². The number of Topliss-reactive ketones (excluding diaryl/α,β-unsaturated/α-hetero) is 1. The van der Waals surface area contributed by atoms with Crippen LogP contribution in [0.5, 0.6) is 0 Å². The van der Waals surface area contributed by atoms with Crippen molar-refractivity contribution in [3.63, 3.8) is 0 Å². The summed E-state index contributed by atoms with van der Waals surface area (Å²) in [5, 5.41) is 0. The summed E-state index contributed by atoms with van der Waals surface area (Å²) < 4.78 is 2.30. The third-order valence-electron chi connectivity index (χ3n) is 4.54. The van der Waals surface area contributed by atoms with Gasteiger partial charge < -0.3 is 4.57 Å². The van der Waals surface area contributed by atoms with Crippen LogP contribution in [0.3, 0.4) is 0 Å². The number of carbonyl (C=O) groups excluding carboxylic acids is 1. The van der Waals surface area contributed by atoms with Crippen LogP contribution in [0.15, 0.2) is 15.8 Å². The van der Waals surface area contributed by atoms with Gasteiger partial charge in [0.15, 0.2) is 5.78 Å². The molecule has 1 aromatic rings. The molecular weight excluding hydrogens is 256 g/mol. The van der Waals surface area contributed by atoms with Gasteiger partial charge in [0, 0.05) is 26.2 Å². The van der Waals surface area contributed by atoms with Crippen LogP contribution < -0.4 is 11.2 Å². The summed E-state index contributed by atoms with van der Waals surface area (Å²) in [6.07, 6.45) is 5.35. The molecule has 1 fully saturated rings. The minimum Gasteiger partial charge on any atom is -0.303 e. The van der Waals surface area contributed by atoms with Crippen LogP contribution in [-0.4, -0.2) is 14.9 Å². The molecule has 1 aliphatic carbocycles. The minimum absolute atomic E-state index is 0.0882. The van der Waals surface area contributed by atoms with Gasteiger partial charge in [-0.05, 0) is 18.3 Å². The normalized spacial score (nSPS) is 21.7. The zero-order valence-corrected chi connectivity index (χ0v) is 12.6. The van der Waals surface area contributed by atoms with Crippen molar-refractivity contribution >= 4 is 5.78 Å². The van der Waals surface area contributed by atoms with Crippen LogP contribution in [0.4, 0.5) is 0 Å². The molecule has 0 N–H and O–H groups in total. The van der Waals surface area contributed by atoms with Crippen molar-refractivity contribution in [1.29, 1.82) is 0 Å². The number of aryl methyl sites for hydroxylation is 1. The van der Waals surface area contributed by atoms with E-state index in [1.165, 1.54) is 17.8 Å². The summed E-state index contributed by atoms with van der Waals surface area (Å²) in [4.78, 5) is 36.6. The molecule has 0 radical (unpaired) electrons. The Labute approximate surface area is 118 Å². The van der Waals surface area contributed by atoms with Crippen molar-refractivity contribution in [2.75, 3.05) is 0 Å². The van der Waals surface area contributed by atoms with Gasteiger partial charge in [-0.2, -0.15) is 0 Å². The zero-order chi connectivity index (χ0) is 15.1. The van der Waals surface area contributed by atoms with Gasteiger partial charge in [-0.1, -0.05) is 26.7 Å². The maximum absolute atomic E-state index is 12.7. The lowest BCUT2D eigenvalue weighted by atomic mass is 9.66. The molecule has 20 heavy (non-hydrogen) atoms. The Morgan fingerprint density at radius 2 is 1.90 bits per heavy atom. The van der Waals surface area contributed by atoms with Gasteiger partial charge in [-0.3, -0.25) is 14.2 Å². The number of hydrogen-bond donors (Lipinski definition) is 0. The lowest BCUT2D eigenvalue weighted by molar-refractivity contribution is 0.0694. The number of carbonyl (C=O) groups is 1. The molecule has 1 atom stereocenters. The molecule has 1 aromatic heterocycles. The largest absolute Gasteiger partial charge is 0.330 e. The van der Waals surface area contributed by atoms with E-state index < -0.39 is 11.2 Å². The maximum Gasteiger partial charge on any atom is 0.330 e. The monoisotopic (exact) mass is 278 g/mol.